The third-order valence-electron chi connectivity index (χ3n) is 3.94. The summed E-state index contributed by atoms with van der Waals surface area (Å²) in [5.41, 5.74) is 0.438. The number of carbonyl (C=O) groups is 1. The lowest BCUT2D eigenvalue weighted by Gasteiger charge is -2.09. The normalized spacial score (nSPS) is 11.0. The van der Waals surface area contributed by atoms with Crippen molar-refractivity contribution in [3.8, 4) is 5.75 Å². The van der Waals surface area contributed by atoms with Crippen LogP contribution in [0.1, 0.15) is 28.9 Å². The molecule has 0 aliphatic carbocycles. The number of carbonyl (C=O) groups excluding carboxylic acids is 1. The molecule has 30 heavy (non-hydrogen) atoms. The molecule has 0 bridgehead atoms. The maximum absolute atomic E-state index is 13.6. The summed E-state index contributed by atoms with van der Waals surface area (Å²) >= 11 is 6.00. The lowest BCUT2D eigenvalue weighted by molar-refractivity contribution is 0.0918. The van der Waals surface area contributed by atoms with E-state index in [0.717, 1.165) is 0 Å². The minimum atomic E-state index is -2.29. The lowest BCUT2D eigenvalue weighted by atomic mass is 10.2. The Morgan fingerprint density at radius 1 is 1.13 bits per heavy atom. The van der Waals surface area contributed by atoms with Crippen LogP contribution in [0.4, 0.5) is 22.0 Å². The maximum Gasteiger partial charge on any atom is 0.287 e. The van der Waals surface area contributed by atoms with Gasteiger partial charge in [0, 0.05) is 12.7 Å². The summed E-state index contributed by atoms with van der Waals surface area (Å²) in [6.45, 7) is 1.79. The highest BCUT2D eigenvalue weighted by molar-refractivity contribution is 6.31. The summed E-state index contributed by atoms with van der Waals surface area (Å²) in [6, 6.07) is 2.50. The highest BCUT2D eigenvalue weighted by atomic mass is 35.5. The minimum Gasteiger partial charge on any atom is -0.479 e. The first kappa shape index (κ1) is 21.6. The first-order chi connectivity index (χ1) is 14.2. The Kier molecular flexibility index (Phi) is 6.30. The van der Waals surface area contributed by atoms with Crippen molar-refractivity contribution in [1.29, 1.82) is 0 Å². The van der Waals surface area contributed by atoms with E-state index in [1.54, 1.807) is 10.9 Å². The molecule has 1 N–H and O–H groups in total. The number of furan rings is 1. The van der Waals surface area contributed by atoms with Gasteiger partial charge in [-0.1, -0.05) is 11.6 Å². The number of halogens is 6. The molecule has 0 unspecified atom stereocenters. The van der Waals surface area contributed by atoms with Gasteiger partial charge in [0.1, 0.15) is 18.1 Å². The molecule has 0 radical (unpaired) electrons. The Morgan fingerprint density at radius 3 is 2.37 bits per heavy atom. The van der Waals surface area contributed by atoms with E-state index < -0.39 is 47.3 Å². The van der Waals surface area contributed by atoms with Crippen LogP contribution in [0.2, 0.25) is 5.02 Å². The average Bonchev–Trinajstić information content (AvgIpc) is 3.35. The van der Waals surface area contributed by atoms with Crippen molar-refractivity contribution in [1.82, 2.24) is 15.1 Å². The molecule has 6 nitrogen and oxygen atoms in total. The zero-order valence-electron chi connectivity index (χ0n) is 15.2. The Morgan fingerprint density at radius 2 is 1.77 bits per heavy atom. The zero-order valence-corrected chi connectivity index (χ0v) is 16.0. The number of hydrogen-bond acceptors (Lipinski definition) is 4. The number of amides is 1. The smallest absolute Gasteiger partial charge is 0.287 e. The number of ether oxygens (including phenoxy) is 1. The second-order valence-electron chi connectivity index (χ2n) is 5.92. The number of benzene rings is 1. The largest absolute Gasteiger partial charge is 0.479 e. The van der Waals surface area contributed by atoms with E-state index in [0.29, 0.717) is 17.3 Å². The quantitative estimate of drug-likeness (QED) is 0.331. The van der Waals surface area contributed by atoms with Crippen molar-refractivity contribution >= 4 is 17.5 Å². The topological polar surface area (TPSA) is 69.3 Å². The molecule has 1 amide bonds. The predicted molar refractivity (Wildman–Crippen MR) is 93.4 cm³/mol. The van der Waals surface area contributed by atoms with Crippen LogP contribution in [0.15, 0.2) is 22.7 Å². The van der Waals surface area contributed by atoms with Gasteiger partial charge in [-0.3, -0.25) is 9.48 Å². The molecule has 0 aliphatic heterocycles. The number of rotatable bonds is 7. The van der Waals surface area contributed by atoms with Crippen LogP contribution >= 0.6 is 11.6 Å². The monoisotopic (exact) mass is 449 g/mol. The summed E-state index contributed by atoms with van der Waals surface area (Å²) in [5, 5.41) is 7.05. The second-order valence-corrected chi connectivity index (χ2v) is 6.32. The van der Waals surface area contributed by atoms with Crippen molar-refractivity contribution in [2.75, 3.05) is 0 Å². The van der Waals surface area contributed by atoms with Gasteiger partial charge in [0.25, 0.3) is 5.91 Å². The molecular weight excluding hydrogens is 437 g/mol. The van der Waals surface area contributed by atoms with Crippen LogP contribution in [-0.4, -0.2) is 15.7 Å². The number of nitrogens with zero attached hydrogens (tertiary/aromatic N) is 2. The minimum absolute atomic E-state index is 0.0156. The van der Waals surface area contributed by atoms with E-state index in [2.05, 4.69) is 15.2 Å². The predicted octanol–water partition coefficient (Wildman–Crippen LogP) is 4.35. The zero-order chi connectivity index (χ0) is 22.0. The fourth-order valence-electron chi connectivity index (χ4n) is 2.40. The molecule has 3 rings (SSSR count). The van der Waals surface area contributed by atoms with E-state index >= 15 is 0 Å². The number of nitrogens with one attached hydrogen (secondary N) is 1. The number of aryl methyl sites for hydroxylation is 1. The van der Waals surface area contributed by atoms with Crippen molar-refractivity contribution in [3.63, 3.8) is 0 Å². The molecule has 1 aromatic carbocycles. The SMILES string of the molecule is CCn1cc(Cl)c(CNC(=O)c2ccc(COc3c(F)c(F)c(F)c(F)c3F)o2)n1. The summed E-state index contributed by atoms with van der Waals surface area (Å²) in [5.74, 6) is -13.1. The van der Waals surface area contributed by atoms with Gasteiger partial charge in [0.05, 0.1) is 11.6 Å². The third-order valence-corrected chi connectivity index (χ3v) is 4.26. The molecule has 0 aliphatic rings. The molecule has 2 aromatic heterocycles. The van der Waals surface area contributed by atoms with E-state index in [9.17, 15) is 26.7 Å². The van der Waals surface area contributed by atoms with Gasteiger partial charge < -0.3 is 14.5 Å². The van der Waals surface area contributed by atoms with Crippen molar-refractivity contribution < 1.29 is 35.9 Å². The van der Waals surface area contributed by atoms with E-state index in [1.807, 2.05) is 6.92 Å². The van der Waals surface area contributed by atoms with Crippen LogP contribution in [0.3, 0.4) is 0 Å². The summed E-state index contributed by atoms with van der Waals surface area (Å²) < 4.78 is 78.0. The Balaban J connectivity index is 1.64. The highest BCUT2D eigenvalue weighted by Crippen LogP contribution is 2.29. The molecule has 12 heteroatoms. The van der Waals surface area contributed by atoms with Crippen molar-refractivity contribution in [3.05, 3.63) is 69.7 Å². The van der Waals surface area contributed by atoms with Gasteiger partial charge >= 0.3 is 0 Å². The first-order valence-corrected chi connectivity index (χ1v) is 8.83. The van der Waals surface area contributed by atoms with E-state index in [-0.39, 0.29) is 18.1 Å². The van der Waals surface area contributed by atoms with Gasteiger partial charge in [-0.05, 0) is 19.1 Å². The first-order valence-electron chi connectivity index (χ1n) is 8.45. The van der Waals surface area contributed by atoms with Crippen LogP contribution in [0, 0.1) is 29.1 Å². The Hall–Kier alpha value is -3.08. The van der Waals surface area contributed by atoms with Gasteiger partial charge in [0.2, 0.25) is 29.1 Å². The number of aromatic nitrogens is 2. The van der Waals surface area contributed by atoms with Gasteiger partial charge in [-0.25, -0.2) is 13.2 Å². The van der Waals surface area contributed by atoms with Crippen LogP contribution in [0.25, 0.3) is 0 Å². The van der Waals surface area contributed by atoms with Crippen molar-refractivity contribution in [2.24, 2.45) is 0 Å². The van der Waals surface area contributed by atoms with Gasteiger partial charge in [-0.15, -0.1) is 0 Å². The van der Waals surface area contributed by atoms with Crippen molar-refractivity contribution in [2.45, 2.75) is 26.6 Å². The van der Waals surface area contributed by atoms with Crippen LogP contribution in [-0.2, 0) is 19.7 Å². The number of hydrogen-bond donors (Lipinski definition) is 1. The lowest BCUT2D eigenvalue weighted by Crippen LogP contribution is -2.22. The van der Waals surface area contributed by atoms with E-state index in [4.69, 9.17) is 16.0 Å². The fourth-order valence-corrected chi connectivity index (χ4v) is 2.62. The molecule has 0 spiro atoms. The molecule has 2 heterocycles. The van der Waals surface area contributed by atoms with E-state index in [1.165, 1.54) is 12.1 Å². The molecule has 0 atom stereocenters. The fraction of sp³-hybridized carbons (Fsp3) is 0.222. The van der Waals surface area contributed by atoms with Gasteiger partial charge in [-0.2, -0.15) is 13.9 Å². The molecular formula is C18H13ClF5N3O3. The highest BCUT2D eigenvalue weighted by Gasteiger charge is 2.27. The summed E-state index contributed by atoms with van der Waals surface area (Å²) in [4.78, 5) is 12.1. The molecule has 0 saturated heterocycles. The van der Waals surface area contributed by atoms with Crippen LogP contribution < -0.4 is 10.1 Å². The molecule has 160 valence electrons. The molecule has 0 fully saturated rings. The van der Waals surface area contributed by atoms with Crippen LogP contribution in [0.5, 0.6) is 5.75 Å². The second kappa shape index (κ2) is 8.74. The molecule has 3 aromatic rings. The Labute approximate surface area is 171 Å². The standard InChI is InChI=1S/C18H13ClF5N3O3/c1-2-27-6-9(19)10(26-27)5-25-18(28)11-4-3-8(30-11)7-29-17-15(23)13(21)12(20)14(22)16(17)24/h3-4,6H,2,5,7H2,1H3,(H,25,28). The average molecular weight is 450 g/mol. The Bertz CT molecular complexity index is 1070. The van der Waals surface area contributed by atoms with Gasteiger partial charge in [0.15, 0.2) is 11.5 Å². The summed E-state index contributed by atoms with van der Waals surface area (Å²) in [7, 11) is 0. The molecule has 0 saturated carbocycles. The summed E-state index contributed by atoms with van der Waals surface area (Å²) in [6.07, 6.45) is 1.60. The maximum atomic E-state index is 13.6. The third kappa shape index (κ3) is 4.25.